The van der Waals surface area contributed by atoms with Gasteiger partial charge in [0.25, 0.3) is 5.91 Å². The van der Waals surface area contributed by atoms with Gasteiger partial charge >= 0.3 is 6.61 Å². The minimum atomic E-state index is -3.00. The third-order valence-corrected chi connectivity index (χ3v) is 2.93. The van der Waals surface area contributed by atoms with E-state index in [2.05, 4.69) is 15.2 Å². The van der Waals surface area contributed by atoms with Crippen LogP contribution in [0.2, 0.25) is 0 Å². The van der Waals surface area contributed by atoms with E-state index >= 15 is 0 Å². The molecule has 2 aromatic rings. The number of amides is 1. The lowest BCUT2D eigenvalue weighted by atomic mass is 10.1. The molecule has 0 aliphatic heterocycles. The molecule has 0 atom stereocenters. The zero-order chi connectivity index (χ0) is 15.4. The van der Waals surface area contributed by atoms with E-state index in [1.165, 1.54) is 18.2 Å². The molecule has 1 amide bonds. The second-order valence-corrected chi connectivity index (χ2v) is 4.27. The lowest BCUT2D eigenvalue weighted by molar-refractivity contribution is -0.0501. The van der Waals surface area contributed by atoms with Crippen molar-refractivity contribution in [2.75, 3.05) is 5.32 Å². The third-order valence-electron chi connectivity index (χ3n) is 2.93. The minimum absolute atomic E-state index is 0.00773. The minimum Gasteiger partial charge on any atom is -0.434 e. The maximum Gasteiger partial charge on any atom is 0.387 e. The average Bonchev–Trinajstić information content (AvgIpc) is 2.79. The van der Waals surface area contributed by atoms with E-state index in [0.717, 1.165) is 5.69 Å². The van der Waals surface area contributed by atoms with Gasteiger partial charge in [0.05, 0.1) is 11.3 Å². The van der Waals surface area contributed by atoms with Crippen LogP contribution in [0.15, 0.2) is 28.8 Å². The molecule has 1 aromatic heterocycles. The van der Waals surface area contributed by atoms with Crippen LogP contribution >= 0.6 is 0 Å². The van der Waals surface area contributed by atoms with Crippen LogP contribution in [0.4, 0.5) is 14.7 Å². The van der Waals surface area contributed by atoms with Crippen molar-refractivity contribution < 1.29 is 22.8 Å². The molecule has 0 spiro atoms. The number of carbonyl (C=O) groups is 1. The average molecular weight is 296 g/mol. The van der Waals surface area contributed by atoms with Crippen molar-refractivity contribution in [1.29, 1.82) is 0 Å². The Morgan fingerprint density at radius 3 is 2.76 bits per heavy atom. The number of aryl methyl sites for hydroxylation is 1. The molecule has 7 heteroatoms. The number of hydrogen-bond donors (Lipinski definition) is 1. The van der Waals surface area contributed by atoms with Crippen molar-refractivity contribution in [3.8, 4) is 5.75 Å². The van der Waals surface area contributed by atoms with Gasteiger partial charge in [0, 0.05) is 5.56 Å². The van der Waals surface area contributed by atoms with Gasteiger partial charge in [-0.25, -0.2) is 0 Å². The standard InChI is InChI=1S/C14H14F2N2O3/c1-3-10-8(2)13(21-18-10)17-12(19)9-6-4-5-7-11(9)20-14(15)16/h4-7,14H,3H2,1-2H3,(H,17,19). The number of benzene rings is 1. The molecule has 1 aromatic carbocycles. The second kappa shape index (κ2) is 6.34. The first-order valence-electron chi connectivity index (χ1n) is 6.33. The van der Waals surface area contributed by atoms with E-state index in [-0.39, 0.29) is 17.2 Å². The molecule has 0 fully saturated rings. The second-order valence-electron chi connectivity index (χ2n) is 4.27. The van der Waals surface area contributed by atoms with Crippen LogP contribution < -0.4 is 10.1 Å². The van der Waals surface area contributed by atoms with Crippen LogP contribution in [-0.4, -0.2) is 17.7 Å². The van der Waals surface area contributed by atoms with Crippen LogP contribution in [0.1, 0.15) is 28.5 Å². The van der Waals surface area contributed by atoms with Crippen molar-refractivity contribution in [1.82, 2.24) is 5.16 Å². The number of ether oxygens (including phenoxy) is 1. The maximum absolute atomic E-state index is 12.3. The molecule has 0 bridgehead atoms. The smallest absolute Gasteiger partial charge is 0.387 e. The van der Waals surface area contributed by atoms with E-state index in [1.54, 1.807) is 13.0 Å². The van der Waals surface area contributed by atoms with Gasteiger partial charge in [-0.05, 0) is 25.5 Å². The molecule has 0 aliphatic carbocycles. The topological polar surface area (TPSA) is 64.4 Å². The predicted molar refractivity (Wildman–Crippen MR) is 71.6 cm³/mol. The Hall–Kier alpha value is -2.44. The summed E-state index contributed by atoms with van der Waals surface area (Å²) in [6.07, 6.45) is 0.663. The molecule has 1 N–H and O–H groups in total. The number of aromatic nitrogens is 1. The van der Waals surface area contributed by atoms with Gasteiger partial charge < -0.3 is 9.26 Å². The predicted octanol–water partition coefficient (Wildman–Crippen LogP) is 3.40. The molecule has 2 rings (SSSR count). The fraction of sp³-hybridized carbons (Fsp3) is 0.286. The number of rotatable bonds is 5. The zero-order valence-corrected chi connectivity index (χ0v) is 11.5. The van der Waals surface area contributed by atoms with Gasteiger partial charge in [0.2, 0.25) is 5.88 Å². The highest BCUT2D eigenvalue weighted by atomic mass is 19.3. The van der Waals surface area contributed by atoms with E-state index in [1.807, 2.05) is 6.92 Å². The van der Waals surface area contributed by atoms with E-state index in [4.69, 9.17) is 4.52 Å². The zero-order valence-electron chi connectivity index (χ0n) is 11.5. The third kappa shape index (κ3) is 3.36. The molecule has 5 nitrogen and oxygen atoms in total. The summed E-state index contributed by atoms with van der Waals surface area (Å²) in [6.45, 7) is 0.659. The van der Waals surface area contributed by atoms with Gasteiger partial charge in [-0.1, -0.05) is 24.2 Å². The number of nitrogens with one attached hydrogen (secondary N) is 1. The maximum atomic E-state index is 12.3. The molecular formula is C14H14F2N2O3. The van der Waals surface area contributed by atoms with Crippen molar-refractivity contribution in [2.24, 2.45) is 0 Å². The normalized spacial score (nSPS) is 10.7. The Morgan fingerprint density at radius 1 is 1.43 bits per heavy atom. The fourth-order valence-corrected chi connectivity index (χ4v) is 1.84. The van der Waals surface area contributed by atoms with E-state index < -0.39 is 12.5 Å². The van der Waals surface area contributed by atoms with Crippen LogP contribution in [0.3, 0.4) is 0 Å². The fourth-order valence-electron chi connectivity index (χ4n) is 1.84. The lowest BCUT2D eigenvalue weighted by Gasteiger charge is -2.09. The van der Waals surface area contributed by atoms with Gasteiger partial charge in [-0.3, -0.25) is 10.1 Å². The first-order valence-corrected chi connectivity index (χ1v) is 6.33. The molecule has 0 aliphatic rings. The van der Waals surface area contributed by atoms with Crippen molar-refractivity contribution in [3.63, 3.8) is 0 Å². The Kier molecular flexibility index (Phi) is 4.52. The highest BCUT2D eigenvalue weighted by molar-refractivity contribution is 6.05. The summed E-state index contributed by atoms with van der Waals surface area (Å²) in [5, 5.41) is 6.31. The van der Waals surface area contributed by atoms with Gasteiger partial charge in [0.15, 0.2) is 0 Å². The number of anilines is 1. The van der Waals surface area contributed by atoms with Crippen molar-refractivity contribution in [2.45, 2.75) is 26.9 Å². The Balaban J connectivity index is 2.22. The summed E-state index contributed by atoms with van der Waals surface area (Å²) in [5.74, 6) is -0.602. The number of halogens is 2. The van der Waals surface area contributed by atoms with Crippen LogP contribution in [0.25, 0.3) is 0 Å². The van der Waals surface area contributed by atoms with Crippen LogP contribution in [0.5, 0.6) is 5.75 Å². The molecule has 1 heterocycles. The highest BCUT2D eigenvalue weighted by Crippen LogP contribution is 2.24. The Morgan fingerprint density at radius 2 is 2.14 bits per heavy atom. The van der Waals surface area contributed by atoms with E-state index in [0.29, 0.717) is 12.0 Å². The summed E-state index contributed by atoms with van der Waals surface area (Å²) in [5.41, 5.74) is 1.42. The number of nitrogens with zero attached hydrogens (tertiary/aromatic N) is 1. The molecule has 0 saturated heterocycles. The molecule has 0 radical (unpaired) electrons. The summed E-state index contributed by atoms with van der Waals surface area (Å²) < 4.78 is 34.0. The Bertz CT molecular complexity index is 641. The largest absolute Gasteiger partial charge is 0.434 e. The number of para-hydroxylation sites is 1. The summed E-state index contributed by atoms with van der Waals surface area (Å²) in [7, 11) is 0. The van der Waals surface area contributed by atoms with E-state index in [9.17, 15) is 13.6 Å². The summed E-state index contributed by atoms with van der Waals surface area (Å²) in [6, 6.07) is 5.74. The monoisotopic (exact) mass is 296 g/mol. The first-order chi connectivity index (χ1) is 10.0. The number of alkyl halides is 2. The summed E-state index contributed by atoms with van der Waals surface area (Å²) in [4.78, 5) is 12.1. The summed E-state index contributed by atoms with van der Waals surface area (Å²) >= 11 is 0. The lowest BCUT2D eigenvalue weighted by Crippen LogP contribution is -2.15. The number of carbonyl (C=O) groups excluding carboxylic acids is 1. The molecule has 0 saturated carbocycles. The molecule has 21 heavy (non-hydrogen) atoms. The molecular weight excluding hydrogens is 282 g/mol. The van der Waals surface area contributed by atoms with Crippen molar-refractivity contribution >= 4 is 11.8 Å². The van der Waals surface area contributed by atoms with Gasteiger partial charge in [-0.15, -0.1) is 0 Å². The first kappa shape index (κ1) is 15.0. The van der Waals surface area contributed by atoms with Gasteiger partial charge in [0.1, 0.15) is 5.75 Å². The highest BCUT2D eigenvalue weighted by Gasteiger charge is 2.18. The molecule has 112 valence electrons. The molecule has 0 unspecified atom stereocenters. The SMILES string of the molecule is CCc1noc(NC(=O)c2ccccc2OC(F)F)c1C. The quantitative estimate of drug-likeness (QED) is 0.918. The van der Waals surface area contributed by atoms with Crippen molar-refractivity contribution in [3.05, 3.63) is 41.1 Å². The van der Waals surface area contributed by atoms with Gasteiger partial charge in [-0.2, -0.15) is 8.78 Å². The number of hydrogen-bond acceptors (Lipinski definition) is 4. The Labute approximate surface area is 119 Å². The van der Waals surface area contributed by atoms with Crippen LogP contribution in [0, 0.1) is 6.92 Å². The van der Waals surface area contributed by atoms with Crippen LogP contribution in [-0.2, 0) is 6.42 Å².